The molecular formula is C17H21ClN4O2S. The molecule has 1 fully saturated rings. The van der Waals surface area contributed by atoms with Gasteiger partial charge in [0.1, 0.15) is 0 Å². The fourth-order valence-electron chi connectivity index (χ4n) is 3.10. The maximum absolute atomic E-state index is 11.6. The number of methoxy groups -OCH3 is 1. The van der Waals surface area contributed by atoms with E-state index in [1.54, 1.807) is 0 Å². The number of halogens is 1. The average Bonchev–Trinajstić information content (AvgIpc) is 2.91. The lowest BCUT2D eigenvalue weighted by Gasteiger charge is -2.30. The lowest BCUT2D eigenvalue weighted by atomic mass is 9.97. The first kappa shape index (κ1) is 18.1. The van der Waals surface area contributed by atoms with E-state index < -0.39 is 0 Å². The fourth-order valence-corrected chi connectivity index (χ4v) is 3.41. The molecule has 8 heteroatoms. The van der Waals surface area contributed by atoms with Crippen molar-refractivity contribution in [2.24, 2.45) is 13.0 Å². The molecule has 0 aliphatic carbocycles. The van der Waals surface area contributed by atoms with Crippen molar-refractivity contribution in [1.82, 2.24) is 19.2 Å². The number of likely N-dealkylation sites (tertiary alicyclic amines) is 1. The molecule has 1 aliphatic heterocycles. The average molecular weight is 381 g/mol. The number of piperidine rings is 1. The van der Waals surface area contributed by atoms with Crippen LogP contribution in [-0.4, -0.2) is 45.4 Å². The van der Waals surface area contributed by atoms with Crippen molar-refractivity contribution in [3.63, 3.8) is 0 Å². The van der Waals surface area contributed by atoms with E-state index in [9.17, 15) is 4.79 Å². The highest BCUT2D eigenvalue weighted by Crippen LogP contribution is 2.22. The number of hydrogen-bond acceptors (Lipinski definition) is 5. The topological polar surface area (TPSA) is 52.3 Å². The molecule has 0 radical (unpaired) electrons. The van der Waals surface area contributed by atoms with Crippen LogP contribution < -0.4 is 0 Å². The third kappa shape index (κ3) is 3.94. The van der Waals surface area contributed by atoms with Gasteiger partial charge in [-0.15, -0.1) is 0 Å². The van der Waals surface area contributed by atoms with E-state index >= 15 is 0 Å². The van der Waals surface area contributed by atoms with Gasteiger partial charge in [-0.1, -0.05) is 11.6 Å². The van der Waals surface area contributed by atoms with E-state index in [2.05, 4.69) is 10.00 Å². The molecule has 1 aromatic heterocycles. The van der Waals surface area contributed by atoms with Crippen LogP contribution in [-0.2, 0) is 23.2 Å². The molecule has 0 N–H and O–H groups in total. The Morgan fingerprint density at radius 3 is 2.56 bits per heavy atom. The van der Waals surface area contributed by atoms with Crippen LogP contribution in [0.2, 0.25) is 5.02 Å². The fraction of sp³-hybridized carbons (Fsp3) is 0.471. The Kier molecular flexibility index (Phi) is 5.56. The predicted molar refractivity (Wildman–Crippen MR) is 98.8 cm³/mol. The molecule has 0 atom stereocenters. The zero-order valence-electron chi connectivity index (χ0n) is 14.3. The second-order valence-corrected chi connectivity index (χ2v) is 7.03. The van der Waals surface area contributed by atoms with Crippen molar-refractivity contribution >= 4 is 29.8 Å². The summed E-state index contributed by atoms with van der Waals surface area (Å²) in [7, 11) is 3.36. The Morgan fingerprint density at radius 1 is 1.32 bits per heavy atom. The van der Waals surface area contributed by atoms with E-state index in [-0.39, 0.29) is 11.9 Å². The van der Waals surface area contributed by atoms with Gasteiger partial charge in [-0.2, -0.15) is 5.10 Å². The smallest absolute Gasteiger partial charge is 0.308 e. The van der Waals surface area contributed by atoms with Gasteiger partial charge in [0.2, 0.25) is 0 Å². The lowest BCUT2D eigenvalue weighted by molar-refractivity contribution is -0.147. The van der Waals surface area contributed by atoms with Crippen LogP contribution in [0.25, 0.3) is 11.4 Å². The largest absolute Gasteiger partial charge is 0.469 e. The zero-order chi connectivity index (χ0) is 18.0. The van der Waals surface area contributed by atoms with Gasteiger partial charge in [0.15, 0.2) is 10.6 Å². The summed E-state index contributed by atoms with van der Waals surface area (Å²) in [5.41, 5.74) is 0.973. The van der Waals surface area contributed by atoms with E-state index in [0.29, 0.717) is 16.5 Å². The van der Waals surface area contributed by atoms with Crippen LogP contribution in [0.4, 0.5) is 0 Å². The van der Waals surface area contributed by atoms with Crippen molar-refractivity contribution in [2.45, 2.75) is 19.5 Å². The minimum absolute atomic E-state index is 0.00239. The van der Waals surface area contributed by atoms with Gasteiger partial charge in [0, 0.05) is 30.7 Å². The standard InChI is InChI=1S/C17H21ClN4O2S/c1-20-15(12-3-5-14(18)6-4-12)19-22(17(20)25)11-21-9-7-13(8-10-21)16(23)24-2/h3-6,13H,7-11H2,1-2H3. The van der Waals surface area contributed by atoms with Gasteiger partial charge in [-0.3, -0.25) is 9.69 Å². The van der Waals surface area contributed by atoms with E-state index in [1.807, 2.05) is 40.6 Å². The predicted octanol–water partition coefficient (Wildman–Crippen LogP) is 3.11. The second kappa shape index (κ2) is 7.68. The summed E-state index contributed by atoms with van der Waals surface area (Å²) in [5, 5.41) is 5.37. The molecule has 0 saturated carbocycles. The minimum atomic E-state index is -0.112. The SMILES string of the molecule is COC(=O)C1CCN(Cn2nc(-c3ccc(Cl)cc3)n(C)c2=S)CC1. The number of benzene rings is 1. The van der Waals surface area contributed by atoms with Gasteiger partial charge in [0.25, 0.3) is 0 Å². The Bertz CT molecular complexity index is 807. The summed E-state index contributed by atoms with van der Waals surface area (Å²) < 4.78 is 9.23. The molecule has 25 heavy (non-hydrogen) atoms. The molecule has 134 valence electrons. The summed E-state index contributed by atoms with van der Waals surface area (Å²) in [4.78, 5) is 13.9. The maximum Gasteiger partial charge on any atom is 0.308 e. The van der Waals surface area contributed by atoms with Gasteiger partial charge >= 0.3 is 5.97 Å². The Morgan fingerprint density at radius 2 is 1.96 bits per heavy atom. The molecule has 0 amide bonds. The monoisotopic (exact) mass is 380 g/mol. The number of ether oxygens (including phenoxy) is 1. The number of carbonyl (C=O) groups excluding carboxylic acids is 1. The number of aromatic nitrogens is 3. The molecule has 1 aliphatic rings. The Labute approximate surface area is 157 Å². The van der Waals surface area contributed by atoms with Crippen LogP contribution in [0.3, 0.4) is 0 Å². The highest BCUT2D eigenvalue weighted by atomic mass is 35.5. The molecule has 3 rings (SSSR count). The van der Waals surface area contributed by atoms with Crippen molar-refractivity contribution in [3.8, 4) is 11.4 Å². The van der Waals surface area contributed by atoms with Gasteiger partial charge in [0.05, 0.1) is 19.7 Å². The Balaban J connectivity index is 1.72. The van der Waals surface area contributed by atoms with E-state index in [4.69, 9.17) is 28.6 Å². The quantitative estimate of drug-likeness (QED) is 0.602. The summed E-state index contributed by atoms with van der Waals surface area (Å²) in [6.45, 7) is 2.27. The maximum atomic E-state index is 11.6. The number of esters is 1. The molecule has 6 nitrogen and oxygen atoms in total. The lowest BCUT2D eigenvalue weighted by Crippen LogP contribution is -2.38. The van der Waals surface area contributed by atoms with Crippen LogP contribution in [0, 0.1) is 10.7 Å². The minimum Gasteiger partial charge on any atom is -0.469 e. The summed E-state index contributed by atoms with van der Waals surface area (Å²) in [5.74, 6) is 0.702. The molecule has 0 bridgehead atoms. The summed E-state index contributed by atoms with van der Waals surface area (Å²) >= 11 is 11.5. The molecular weight excluding hydrogens is 360 g/mol. The summed E-state index contributed by atoms with van der Waals surface area (Å²) in [6, 6.07) is 7.56. The third-order valence-corrected chi connectivity index (χ3v) is 5.34. The normalized spacial score (nSPS) is 16.1. The number of hydrogen-bond donors (Lipinski definition) is 0. The van der Waals surface area contributed by atoms with Crippen molar-refractivity contribution in [2.75, 3.05) is 20.2 Å². The first-order chi connectivity index (χ1) is 12.0. The molecule has 2 heterocycles. The third-order valence-electron chi connectivity index (χ3n) is 4.60. The van der Waals surface area contributed by atoms with Crippen LogP contribution >= 0.6 is 23.8 Å². The number of rotatable bonds is 4. The molecule has 2 aromatic rings. The van der Waals surface area contributed by atoms with Crippen LogP contribution in [0.15, 0.2) is 24.3 Å². The van der Waals surface area contributed by atoms with Crippen LogP contribution in [0.5, 0.6) is 0 Å². The van der Waals surface area contributed by atoms with Crippen LogP contribution in [0.1, 0.15) is 12.8 Å². The second-order valence-electron chi connectivity index (χ2n) is 6.23. The van der Waals surface area contributed by atoms with Gasteiger partial charge in [-0.25, -0.2) is 4.68 Å². The Hall–Kier alpha value is -1.70. The summed E-state index contributed by atoms with van der Waals surface area (Å²) in [6.07, 6.45) is 1.60. The van der Waals surface area contributed by atoms with Gasteiger partial charge < -0.3 is 9.30 Å². The highest BCUT2D eigenvalue weighted by Gasteiger charge is 2.26. The first-order valence-corrected chi connectivity index (χ1v) is 8.98. The van der Waals surface area contributed by atoms with E-state index in [1.165, 1.54) is 7.11 Å². The first-order valence-electron chi connectivity index (χ1n) is 8.19. The van der Waals surface area contributed by atoms with Crippen molar-refractivity contribution < 1.29 is 9.53 Å². The molecule has 1 aromatic carbocycles. The molecule has 0 spiro atoms. The highest BCUT2D eigenvalue weighted by molar-refractivity contribution is 7.71. The molecule has 1 saturated heterocycles. The van der Waals surface area contributed by atoms with E-state index in [0.717, 1.165) is 37.3 Å². The molecule has 0 unspecified atom stereocenters. The van der Waals surface area contributed by atoms with Crippen molar-refractivity contribution in [1.29, 1.82) is 0 Å². The van der Waals surface area contributed by atoms with Crippen molar-refractivity contribution in [3.05, 3.63) is 34.1 Å². The number of nitrogens with zero attached hydrogens (tertiary/aromatic N) is 4. The zero-order valence-corrected chi connectivity index (χ0v) is 15.9. The van der Waals surface area contributed by atoms with Gasteiger partial charge in [-0.05, 0) is 49.3 Å². The number of carbonyl (C=O) groups is 1.